The highest BCUT2D eigenvalue weighted by atomic mass is 16.5. The van der Waals surface area contributed by atoms with Gasteiger partial charge in [0, 0.05) is 23.9 Å². The highest BCUT2D eigenvalue weighted by molar-refractivity contribution is 5.94. The van der Waals surface area contributed by atoms with Crippen LogP contribution in [0.25, 0.3) is 11.0 Å². The second-order valence-corrected chi connectivity index (χ2v) is 4.99. The quantitative estimate of drug-likeness (QED) is 0.784. The Bertz CT molecular complexity index is 759. The maximum atomic E-state index is 12.1. The Labute approximate surface area is 128 Å². The molecular weight excluding hydrogens is 278 g/mol. The predicted octanol–water partition coefficient (Wildman–Crippen LogP) is 3.41. The average molecular weight is 295 g/mol. The normalized spacial score (nSPS) is 10.6. The molecule has 1 N–H and O–H groups in total. The molecule has 0 aliphatic carbocycles. The number of benzene rings is 2. The van der Waals surface area contributed by atoms with Crippen molar-refractivity contribution in [3.05, 3.63) is 65.9 Å². The van der Waals surface area contributed by atoms with E-state index in [1.54, 1.807) is 25.3 Å². The lowest BCUT2D eigenvalue weighted by atomic mass is 10.2. The van der Waals surface area contributed by atoms with Crippen LogP contribution in [0.15, 0.2) is 59.0 Å². The van der Waals surface area contributed by atoms with E-state index < -0.39 is 0 Å². The van der Waals surface area contributed by atoms with E-state index in [1.165, 1.54) is 0 Å². The van der Waals surface area contributed by atoms with Crippen LogP contribution in [0.4, 0.5) is 0 Å². The molecule has 1 aromatic heterocycles. The summed E-state index contributed by atoms with van der Waals surface area (Å²) >= 11 is 0. The number of ether oxygens (including phenoxy) is 1. The van der Waals surface area contributed by atoms with Gasteiger partial charge in [0.1, 0.15) is 17.1 Å². The van der Waals surface area contributed by atoms with Crippen molar-refractivity contribution in [3.8, 4) is 5.75 Å². The van der Waals surface area contributed by atoms with E-state index in [4.69, 9.17) is 9.15 Å². The molecule has 0 aliphatic heterocycles. The summed E-state index contributed by atoms with van der Waals surface area (Å²) in [6.45, 7) is 0.524. The Kier molecular flexibility index (Phi) is 4.10. The first-order valence-electron chi connectivity index (χ1n) is 7.16. The lowest BCUT2D eigenvalue weighted by Gasteiger charge is -2.05. The van der Waals surface area contributed by atoms with Gasteiger partial charge in [-0.05, 0) is 30.3 Å². The van der Waals surface area contributed by atoms with Gasteiger partial charge in [0.2, 0.25) is 0 Å². The number of methoxy groups -OCH3 is 1. The summed E-state index contributed by atoms with van der Waals surface area (Å²) in [6.07, 6.45) is 0.657. The maximum absolute atomic E-state index is 12.1. The summed E-state index contributed by atoms with van der Waals surface area (Å²) in [4.78, 5) is 12.1. The standard InChI is InChI=1S/C18H17NO3/c1-21-15-7-4-6-14(12-15)18(20)19-10-9-16-11-13-5-2-3-8-17(13)22-16/h2-8,11-12H,9-10H2,1H3,(H,19,20). The Morgan fingerprint density at radius 2 is 2.00 bits per heavy atom. The first-order valence-corrected chi connectivity index (χ1v) is 7.16. The van der Waals surface area contributed by atoms with Crippen LogP contribution in [0.3, 0.4) is 0 Å². The molecule has 1 heterocycles. The average Bonchev–Trinajstić information content (AvgIpc) is 2.97. The van der Waals surface area contributed by atoms with E-state index in [0.717, 1.165) is 16.7 Å². The summed E-state index contributed by atoms with van der Waals surface area (Å²) in [6, 6.07) is 17.0. The minimum atomic E-state index is -0.116. The van der Waals surface area contributed by atoms with E-state index in [2.05, 4.69) is 5.32 Å². The zero-order chi connectivity index (χ0) is 15.4. The number of carbonyl (C=O) groups excluding carboxylic acids is 1. The van der Waals surface area contributed by atoms with Gasteiger partial charge >= 0.3 is 0 Å². The second kappa shape index (κ2) is 6.35. The van der Waals surface area contributed by atoms with Gasteiger partial charge in [-0.1, -0.05) is 24.3 Å². The van der Waals surface area contributed by atoms with Crippen molar-refractivity contribution in [2.75, 3.05) is 13.7 Å². The molecule has 4 heteroatoms. The molecule has 3 aromatic rings. The zero-order valence-electron chi connectivity index (χ0n) is 12.3. The van der Waals surface area contributed by atoms with E-state index in [-0.39, 0.29) is 5.91 Å². The topological polar surface area (TPSA) is 51.5 Å². The van der Waals surface area contributed by atoms with Crippen molar-refractivity contribution in [3.63, 3.8) is 0 Å². The third kappa shape index (κ3) is 3.11. The molecular formula is C18H17NO3. The molecule has 3 rings (SSSR count). The molecule has 4 nitrogen and oxygen atoms in total. The SMILES string of the molecule is COc1cccc(C(=O)NCCc2cc3ccccc3o2)c1. The Hall–Kier alpha value is -2.75. The molecule has 0 atom stereocenters. The summed E-state index contributed by atoms with van der Waals surface area (Å²) in [5, 5.41) is 3.97. The summed E-state index contributed by atoms with van der Waals surface area (Å²) in [7, 11) is 1.58. The van der Waals surface area contributed by atoms with E-state index >= 15 is 0 Å². The van der Waals surface area contributed by atoms with Crippen LogP contribution in [-0.2, 0) is 6.42 Å². The highest BCUT2D eigenvalue weighted by Gasteiger charge is 2.07. The predicted molar refractivity (Wildman–Crippen MR) is 85.2 cm³/mol. The van der Waals surface area contributed by atoms with Crippen LogP contribution < -0.4 is 10.1 Å². The van der Waals surface area contributed by atoms with E-state index in [9.17, 15) is 4.79 Å². The molecule has 2 aromatic carbocycles. The number of hydrogen-bond donors (Lipinski definition) is 1. The summed E-state index contributed by atoms with van der Waals surface area (Å²) < 4.78 is 10.8. The highest BCUT2D eigenvalue weighted by Crippen LogP contribution is 2.19. The molecule has 0 radical (unpaired) electrons. The van der Waals surface area contributed by atoms with Crippen LogP contribution in [0.2, 0.25) is 0 Å². The zero-order valence-corrected chi connectivity index (χ0v) is 12.3. The van der Waals surface area contributed by atoms with Gasteiger partial charge < -0.3 is 14.5 Å². The molecule has 112 valence electrons. The molecule has 0 bridgehead atoms. The molecule has 0 aliphatic rings. The molecule has 22 heavy (non-hydrogen) atoms. The summed E-state index contributed by atoms with van der Waals surface area (Å²) in [5.41, 5.74) is 1.46. The smallest absolute Gasteiger partial charge is 0.251 e. The monoisotopic (exact) mass is 295 g/mol. The number of amides is 1. The number of nitrogens with one attached hydrogen (secondary N) is 1. The molecule has 1 amide bonds. The molecule has 0 saturated heterocycles. The van der Waals surface area contributed by atoms with Crippen molar-refractivity contribution >= 4 is 16.9 Å². The van der Waals surface area contributed by atoms with Crippen molar-refractivity contribution in [2.24, 2.45) is 0 Å². The number of carbonyl (C=O) groups is 1. The lowest BCUT2D eigenvalue weighted by molar-refractivity contribution is 0.0953. The minimum Gasteiger partial charge on any atom is -0.497 e. The van der Waals surface area contributed by atoms with Gasteiger partial charge in [0.25, 0.3) is 5.91 Å². The van der Waals surface area contributed by atoms with Crippen molar-refractivity contribution < 1.29 is 13.9 Å². The molecule has 0 fully saturated rings. The van der Waals surface area contributed by atoms with Crippen molar-refractivity contribution in [1.82, 2.24) is 5.32 Å². The second-order valence-electron chi connectivity index (χ2n) is 4.99. The Balaban J connectivity index is 1.59. The number of rotatable bonds is 5. The number of furan rings is 1. The maximum Gasteiger partial charge on any atom is 0.251 e. The molecule has 0 spiro atoms. The minimum absolute atomic E-state index is 0.116. The number of fused-ring (bicyclic) bond motifs is 1. The van der Waals surface area contributed by atoms with Crippen molar-refractivity contribution in [1.29, 1.82) is 0 Å². The molecule has 0 unspecified atom stereocenters. The van der Waals surface area contributed by atoms with Crippen LogP contribution in [0.5, 0.6) is 5.75 Å². The van der Waals surface area contributed by atoms with Gasteiger partial charge in [-0.15, -0.1) is 0 Å². The first-order chi connectivity index (χ1) is 10.8. The van der Waals surface area contributed by atoms with Gasteiger partial charge in [0.05, 0.1) is 7.11 Å². The Morgan fingerprint density at radius 3 is 2.82 bits per heavy atom. The third-order valence-electron chi connectivity index (χ3n) is 3.47. The van der Waals surface area contributed by atoms with Gasteiger partial charge in [-0.25, -0.2) is 0 Å². The number of para-hydroxylation sites is 1. The fourth-order valence-corrected chi connectivity index (χ4v) is 2.33. The third-order valence-corrected chi connectivity index (χ3v) is 3.47. The fourth-order valence-electron chi connectivity index (χ4n) is 2.33. The number of hydrogen-bond acceptors (Lipinski definition) is 3. The van der Waals surface area contributed by atoms with Crippen LogP contribution >= 0.6 is 0 Å². The van der Waals surface area contributed by atoms with Gasteiger partial charge in [0.15, 0.2) is 0 Å². The Morgan fingerprint density at radius 1 is 1.14 bits per heavy atom. The van der Waals surface area contributed by atoms with E-state index in [1.807, 2.05) is 36.4 Å². The van der Waals surface area contributed by atoms with Crippen LogP contribution in [0.1, 0.15) is 16.1 Å². The first kappa shape index (κ1) is 14.2. The lowest BCUT2D eigenvalue weighted by Crippen LogP contribution is -2.25. The van der Waals surface area contributed by atoms with Gasteiger partial charge in [-0.2, -0.15) is 0 Å². The van der Waals surface area contributed by atoms with Gasteiger partial charge in [-0.3, -0.25) is 4.79 Å². The molecule has 0 saturated carbocycles. The summed E-state index contributed by atoms with van der Waals surface area (Å²) in [5.74, 6) is 1.42. The largest absolute Gasteiger partial charge is 0.497 e. The van der Waals surface area contributed by atoms with Crippen LogP contribution in [0, 0.1) is 0 Å². The fraction of sp³-hybridized carbons (Fsp3) is 0.167. The van der Waals surface area contributed by atoms with Crippen molar-refractivity contribution in [2.45, 2.75) is 6.42 Å². The van der Waals surface area contributed by atoms with E-state index in [0.29, 0.717) is 24.3 Å². The van der Waals surface area contributed by atoms with Crippen LogP contribution in [-0.4, -0.2) is 19.6 Å².